The maximum absolute atomic E-state index is 13.6. The largest absolute Gasteiger partial charge is 0.369 e. The summed E-state index contributed by atoms with van der Waals surface area (Å²) in [4.78, 5) is 29.9. The molecule has 5 nitrogen and oxygen atoms in total. The van der Waals surface area contributed by atoms with Gasteiger partial charge >= 0.3 is 0 Å². The van der Waals surface area contributed by atoms with Gasteiger partial charge in [-0.1, -0.05) is 12.2 Å². The van der Waals surface area contributed by atoms with Crippen molar-refractivity contribution in [3.05, 3.63) is 27.1 Å². The molecule has 4 rings (SSSR count). The summed E-state index contributed by atoms with van der Waals surface area (Å²) in [5, 5.41) is 0.456. The Kier molecular flexibility index (Phi) is 3.29. The smallest absolute Gasteiger partial charge is 0.232 e. The van der Waals surface area contributed by atoms with Crippen molar-refractivity contribution in [3.63, 3.8) is 0 Å². The first-order chi connectivity index (χ1) is 11.4. The summed E-state index contributed by atoms with van der Waals surface area (Å²) >= 11 is 4.63. The predicted octanol–water partition coefficient (Wildman–Crippen LogP) is 2.06. The fraction of sp³-hybridized carbons (Fsp3) is 0.562. The van der Waals surface area contributed by atoms with Crippen molar-refractivity contribution in [2.75, 3.05) is 6.67 Å². The van der Waals surface area contributed by atoms with Crippen molar-refractivity contribution in [3.8, 4) is 0 Å². The molecule has 1 aromatic rings. The summed E-state index contributed by atoms with van der Waals surface area (Å²) in [6, 6.07) is 0. The van der Waals surface area contributed by atoms with Crippen molar-refractivity contribution in [1.29, 1.82) is 0 Å². The van der Waals surface area contributed by atoms with Crippen LogP contribution in [-0.4, -0.2) is 23.5 Å². The number of hydrogen-bond acceptors (Lipinski definition) is 4. The van der Waals surface area contributed by atoms with E-state index in [9.17, 15) is 14.0 Å². The van der Waals surface area contributed by atoms with Gasteiger partial charge in [-0.05, 0) is 46.5 Å². The molecule has 1 heterocycles. The van der Waals surface area contributed by atoms with E-state index in [2.05, 4.69) is 20.9 Å². The number of rotatable bonds is 5. The highest BCUT2D eigenvalue weighted by Crippen LogP contribution is 2.80. The molecule has 24 heavy (non-hydrogen) atoms. The monoisotopic (exact) mass is 413 g/mol. The molecule has 0 aromatic carbocycles. The lowest BCUT2D eigenvalue weighted by molar-refractivity contribution is -0.144. The molecular formula is C16H17BrFN3O2S. The summed E-state index contributed by atoms with van der Waals surface area (Å²) in [7, 11) is 0. The van der Waals surface area contributed by atoms with Crippen molar-refractivity contribution in [2.45, 2.75) is 24.7 Å². The Labute approximate surface area is 150 Å². The molecule has 0 unspecified atom stereocenters. The summed E-state index contributed by atoms with van der Waals surface area (Å²) in [5.74, 6) is -1.82. The molecule has 0 radical (unpaired) electrons. The van der Waals surface area contributed by atoms with Gasteiger partial charge in [0.25, 0.3) is 0 Å². The molecule has 0 aliphatic heterocycles. The van der Waals surface area contributed by atoms with Crippen molar-refractivity contribution in [2.24, 2.45) is 34.1 Å². The number of primary amides is 2. The number of thiazole rings is 1. The van der Waals surface area contributed by atoms with Crippen LogP contribution in [0.1, 0.15) is 24.3 Å². The van der Waals surface area contributed by atoms with Gasteiger partial charge < -0.3 is 11.5 Å². The molecule has 1 spiro atoms. The molecule has 8 heteroatoms. The molecule has 1 aromatic heterocycles. The van der Waals surface area contributed by atoms with Crippen LogP contribution in [0.25, 0.3) is 0 Å². The second-order valence-corrected chi connectivity index (χ2v) is 9.40. The molecule has 4 N–H and O–H groups in total. The number of halogens is 2. The van der Waals surface area contributed by atoms with Crippen LogP contribution >= 0.6 is 27.3 Å². The van der Waals surface area contributed by atoms with E-state index in [1.54, 1.807) is 6.20 Å². The molecule has 128 valence electrons. The number of hydrogen-bond donors (Lipinski definition) is 2. The maximum atomic E-state index is 13.6. The molecule has 2 amide bonds. The van der Waals surface area contributed by atoms with Crippen molar-refractivity contribution < 1.29 is 14.0 Å². The Balaban J connectivity index is 2.07. The first-order valence-electron chi connectivity index (χ1n) is 7.84. The van der Waals surface area contributed by atoms with Crippen LogP contribution in [0.2, 0.25) is 0 Å². The minimum atomic E-state index is -1.38. The van der Waals surface area contributed by atoms with E-state index in [0.29, 0.717) is 5.01 Å². The van der Waals surface area contributed by atoms with Gasteiger partial charge in [0.05, 0.1) is 22.1 Å². The topological polar surface area (TPSA) is 99.1 Å². The lowest BCUT2D eigenvalue weighted by Gasteiger charge is -2.46. The number of nitrogens with zero attached hydrogens (tertiary/aromatic N) is 1. The Bertz CT molecular complexity index is 777. The number of aromatic nitrogens is 1. The minimum absolute atomic E-state index is 0.115. The third kappa shape index (κ3) is 1.52. The van der Waals surface area contributed by atoms with Crippen LogP contribution in [0.5, 0.6) is 0 Å². The third-order valence-electron chi connectivity index (χ3n) is 6.40. The SMILES string of the molecule is NC(=O)[C@]1(CCF)[C@@H]2C=C[C@@H](C23CC3)[C@@]1(C(N)=O)c1ncc(Br)s1. The van der Waals surface area contributed by atoms with E-state index in [4.69, 9.17) is 11.5 Å². The maximum Gasteiger partial charge on any atom is 0.232 e. The highest BCUT2D eigenvalue weighted by Gasteiger charge is 2.83. The van der Waals surface area contributed by atoms with Gasteiger partial charge in [0.2, 0.25) is 11.8 Å². The summed E-state index contributed by atoms with van der Waals surface area (Å²) in [6.45, 7) is -0.738. The number of carbonyl (C=O) groups is 2. The summed E-state index contributed by atoms with van der Waals surface area (Å²) in [5.41, 5.74) is 8.78. The van der Waals surface area contributed by atoms with Gasteiger partial charge in [-0.15, -0.1) is 11.3 Å². The molecule has 4 atom stereocenters. The van der Waals surface area contributed by atoms with Gasteiger partial charge in [-0.2, -0.15) is 0 Å². The zero-order valence-electron chi connectivity index (χ0n) is 12.8. The lowest BCUT2D eigenvalue weighted by atomic mass is 9.55. The second kappa shape index (κ2) is 4.88. The lowest BCUT2D eigenvalue weighted by Crippen LogP contribution is -2.62. The first kappa shape index (κ1) is 16.2. The van der Waals surface area contributed by atoms with E-state index >= 15 is 0 Å². The van der Waals surface area contributed by atoms with Crippen LogP contribution in [0, 0.1) is 22.7 Å². The van der Waals surface area contributed by atoms with Gasteiger partial charge in [-0.25, -0.2) is 4.98 Å². The average molecular weight is 414 g/mol. The molecule has 2 saturated carbocycles. The van der Waals surface area contributed by atoms with E-state index in [-0.39, 0.29) is 23.7 Å². The Morgan fingerprint density at radius 1 is 1.29 bits per heavy atom. The predicted molar refractivity (Wildman–Crippen MR) is 90.7 cm³/mol. The Hall–Kier alpha value is -1.28. The molecule has 3 aliphatic carbocycles. The molecule has 2 bridgehead atoms. The number of nitrogens with two attached hydrogens (primary N) is 2. The van der Waals surface area contributed by atoms with Crippen LogP contribution < -0.4 is 11.5 Å². The Morgan fingerprint density at radius 3 is 2.42 bits per heavy atom. The number of alkyl halides is 1. The highest BCUT2D eigenvalue weighted by molar-refractivity contribution is 9.11. The van der Waals surface area contributed by atoms with E-state index in [0.717, 1.165) is 16.6 Å². The molecule has 3 aliphatic rings. The van der Waals surface area contributed by atoms with E-state index in [1.165, 1.54) is 11.3 Å². The molecule has 0 saturated heterocycles. The van der Waals surface area contributed by atoms with Crippen LogP contribution in [0.3, 0.4) is 0 Å². The average Bonchev–Trinajstić information content (AvgIpc) is 2.98. The highest BCUT2D eigenvalue weighted by atomic mass is 79.9. The zero-order chi connectivity index (χ0) is 17.3. The third-order valence-corrected chi connectivity index (χ3v) is 8.01. The van der Waals surface area contributed by atoms with Gasteiger partial charge in [-0.3, -0.25) is 14.0 Å². The first-order valence-corrected chi connectivity index (χ1v) is 9.45. The summed E-state index contributed by atoms with van der Waals surface area (Å²) in [6.07, 6.45) is 7.16. The van der Waals surface area contributed by atoms with Crippen LogP contribution in [-0.2, 0) is 15.0 Å². The van der Waals surface area contributed by atoms with Gasteiger partial charge in [0.1, 0.15) is 10.4 Å². The zero-order valence-corrected chi connectivity index (χ0v) is 15.2. The van der Waals surface area contributed by atoms with Gasteiger partial charge in [0.15, 0.2) is 0 Å². The van der Waals surface area contributed by atoms with E-state index in [1.807, 2.05) is 12.2 Å². The molecular weight excluding hydrogens is 397 g/mol. The summed E-state index contributed by atoms with van der Waals surface area (Å²) < 4.78 is 14.3. The number of carbonyl (C=O) groups excluding carboxylic acids is 2. The van der Waals surface area contributed by atoms with Gasteiger partial charge in [0, 0.05) is 5.92 Å². The van der Waals surface area contributed by atoms with E-state index < -0.39 is 29.3 Å². The second-order valence-electron chi connectivity index (χ2n) is 6.99. The normalized spacial score (nSPS) is 37.9. The number of allylic oxidation sites excluding steroid dienone is 2. The standard InChI is InChI=1S/C16H17BrFN3O2S/c17-10-7-21-13(24-10)16(12(20)23)9-2-1-8(14(9)3-4-14)15(16,5-6-18)11(19)22/h1-2,7-9H,3-6H2,(H2,19,22)(H2,20,23)/t8-,9+,15+,16-/m1/s1. The molecule has 2 fully saturated rings. The van der Waals surface area contributed by atoms with Crippen molar-refractivity contribution in [1.82, 2.24) is 4.98 Å². The number of amides is 2. The fourth-order valence-electron chi connectivity index (χ4n) is 5.53. The Morgan fingerprint density at radius 2 is 1.96 bits per heavy atom. The van der Waals surface area contributed by atoms with Crippen LogP contribution in [0.15, 0.2) is 22.1 Å². The van der Waals surface area contributed by atoms with Crippen LogP contribution in [0.4, 0.5) is 4.39 Å². The van der Waals surface area contributed by atoms with Crippen molar-refractivity contribution >= 4 is 39.1 Å². The minimum Gasteiger partial charge on any atom is -0.369 e. The fourth-order valence-corrected chi connectivity index (χ4v) is 7.06. The quantitative estimate of drug-likeness (QED) is 0.722.